The number of hydrogen-bond acceptors (Lipinski definition) is 1. The zero-order valence-corrected chi connectivity index (χ0v) is 12.9. The van der Waals surface area contributed by atoms with E-state index in [9.17, 15) is 4.39 Å². The van der Waals surface area contributed by atoms with E-state index in [1.165, 1.54) is 6.07 Å². The maximum atomic E-state index is 14.1. The Bertz CT molecular complexity index is 440. The summed E-state index contributed by atoms with van der Waals surface area (Å²) in [6.07, 6.45) is 0. The summed E-state index contributed by atoms with van der Waals surface area (Å²) in [6.45, 7) is 13.1. The Labute approximate surface area is 120 Å². The molecule has 3 heteroatoms. The van der Waals surface area contributed by atoms with E-state index in [1.54, 1.807) is 12.1 Å². The van der Waals surface area contributed by atoms with Crippen LogP contribution in [0.2, 0.25) is 5.02 Å². The first kappa shape index (κ1) is 16.2. The van der Waals surface area contributed by atoms with E-state index in [1.807, 2.05) is 0 Å². The maximum absolute atomic E-state index is 14.1. The average Bonchev–Trinajstić information content (AvgIpc) is 2.30. The zero-order chi connectivity index (χ0) is 14.6. The number of benzene rings is 1. The highest BCUT2D eigenvalue weighted by Gasteiger charge is 2.21. The topological polar surface area (TPSA) is 12.0 Å². The van der Waals surface area contributed by atoms with Gasteiger partial charge in [-0.05, 0) is 23.6 Å². The molecule has 0 spiro atoms. The first-order chi connectivity index (χ1) is 8.82. The molecule has 0 aliphatic carbocycles. The van der Waals surface area contributed by atoms with Crippen LogP contribution in [0, 0.1) is 11.7 Å². The number of nitrogens with one attached hydrogen (secondary N) is 1. The van der Waals surface area contributed by atoms with E-state index in [0.717, 1.165) is 5.57 Å². The minimum absolute atomic E-state index is 0.0281. The van der Waals surface area contributed by atoms with Crippen LogP contribution in [0.15, 0.2) is 30.4 Å². The summed E-state index contributed by atoms with van der Waals surface area (Å²) in [5.74, 6) is 0.0264. The second kappa shape index (κ2) is 7.06. The largest absolute Gasteiger partial charge is 0.314 e. The lowest BCUT2D eigenvalue weighted by Crippen LogP contribution is -2.30. The first-order valence-corrected chi connectivity index (χ1v) is 7.07. The fraction of sp³-hybridized carbons (Fsp3) is 0.500. The molecule has 0 bridgehead atoms. The van der Waals surface area contributed by atoms with Crippen LogP contribution >= 0.6 is 11.6 Å². The molecule has 0 heterocycles. The molecule has 0 saturated carbocycles. The van der Waals surface area contributed by atoms with Gasteiger partial charge in [-0.15, -0.1) is 0 Å². The average molecular weight is 284 g/mol. The Morgan fingerprint density at radius 1 is 1.32 bits per heavy atom. The highest BCUT2D eigenvalue weighted by atomic mass is 35.5. The molecule has 0 aliphatic rings. The van der Waals surface area contributed by atoms with Crippen molar-refractivity contribution in [1.82, 2.24) is 5.32 Å². The van der Waals surface area contributed by atoms with Crippen molar-refractivity contribution in [2.24, 2.45) is 5.92 Å². The molecule has 0 aliphatic heterocycles. The van der Waals surface area contributed by atoms with Gasteiger partial charge in [0.05, 0.1) is 0 Å². The van der Waals surface area contributed by atoms with E-state index in [-0.39, 0.29) is 11.7 Å². The lowest BCUT2D eigenvalue weighted by molar-refractivity contribution is 0.515. The Balaban J connectivity index is 3.04. The van der Waals surface area contributed by atoms with E-state index in [0.29, 0.717) is 29.1 Å². The van der Waals surface area contributed by atoms with E-state index in [2.05, 4.69) is 39.6 Å². The molecule has 1 N–H and O–H groups in total. The molecule has 0 amide bonds. The van der Waals surface area contributed by atoms with Gasteiger partial charge in [0.15, 0.2) is 0 Å². The minimum atomic E-state index is -0.259. The van der Waals surface area contributed by atoms with Crippen LogP contribution in [0.25, 0.3) is 0 Å². The standard InChI is InChI=1S/C16H23ClFN/c1-10(2)12(5)15(9-19-11(3)4)14-7-6-13(17)8-16(14)18/h6-8,10-11,15,19H,5,9H2,1-4H3/t15-/m1/s1. The van der Waals surface area contributed by atoms with Crippen molar-refractivity contribution in [1.29, 1.82) is 0 Å². The van der Waals surface area contributed by atoms with Crippen molar-refractivity contribution < 1.29 is 4.39 Å². The van der Waals surface area contributed by atoms with Gasteiger partial charge in [-0.3, -0.25) is 0 Å². The van der Waals surface area contributed by atoms with Crippen molar-refractivity contribution in [2.45, 2.75) is 39.7 Å². The third-order valence-corrected chi connectivity index (χ3v) is 3.49. The summed E-state index contributed by atoms with van der Waals surface area (Å²) in [5.41, 5.74) is 1.70. The fourth-order valence-corrected chi connectivity index (χ4v) is 2.14. The quantitative estimate of drug-likeness (QED) is 0.741. The van der Waals surface area contributed by atoms with Gasteiger partial charge < -0.3 is 5.32 Å². The zero-order valence-electron chi connectivity index (χ0n) is 12.1. The van der Waals surface area contributed by atoms with Gasteiger partial charge in [0.2, 0.25) is 0 Å². The van der Waals surface area contributed by atoms with Gasteiger partial charge in [-0.2, -0.15) is 0 Å². The number of halogens is 2. The van der Waals surface area contributed by atoms with Crippen LogP contribution in [0.1, 0.15) is 39.2 Å². The second-order valence-corrected chi connectivity index (χ2v) is 5.95. The minimum Gasteiger partial charge on any atom is -0.314 e. The van der Waals surface area contributed by atoms with Crippen LogP contribution < -0.4 is 5.32 Å². The number of hydrogen-bond donors (Lipinski definition) is 1. The van der Waals surface area contributed by atoms with E-state index >= 15 is 0 Å². The maximum Gasteiger partial charge on any atom is 0.128 e. The Morgan fingerprint density at radius 3 is 2.42 bits per heavy atom. The highest BCUT2D eigenvalue weighted by Crippen LogP contribution is 2.31. The highest BCUT2D eigenvalue weighted by molar-refractivity contribution is 6.30. The molecule has 1 aromatic carbocycles. The molecule has 1 atom stereocenters. The molecular weight excluding hydrogens is 261 g/mol. The van der Waals surface area contributed by atoms with Crippen LogP contribution in [0.5, 0.6) is 0 Å². The van der Waals surface area contributed by atoms with Gasteiger partial charge in [0.1, 0.15) is 5.82 Å². The lowest BCUT2D eigenvalue weighted by Gasteiger charge is -2.25. The summed E-state index contributed by atoms with van der Waals surface area (Å²) in [4.78, 5) is 0. The van der Waals surface area contributed by atoms with Crippen molar-refractivity contribution in [3.8, 4) is 0 Å². The van der Waals surface area contributed by atoms with Crippen molar-refractivity contribution in [2.75, 3.05) is 6.54 Å². The molecule has 1 nitrogen and oxygen atoms in total. The SMILES string of the molecule is C=C(C(C)C)[C@@H](CNC(C)C)c1ccc(Cl)cc1F. The van der Waals surface area contributed by atoms with E-state index < -0.39 is 0 Å². The molecule has 0 unspecified atom stereocenters. The molecular formula is C16H23ClFN. The Hall–Kier alpha value is -0.860. The molecule has 0 radical (unpaired) electrons. The van der Waals surface area contributed by atoms with Crippen molar-refractivity contribution in [3.63, 3.8) is 0 Å². The molecule has 1 rings (SSSR count). The van der Waals surface area contributed by atoms with Crippen LogP contribution in [0.3, 0.4) is 0 Å². The Kier molecular flexibility index (Phi) is 6.02. The normalized spacial score (nSPS) is 13.1. The monoisotopic (exact) mass is 283 g/mol. The summed E-state index contributed by atoms with van der Waals surface area (Å²) < 4.78 is 14.1. The molecule has 0 saturated heterocycles. The van der Waals surface area contributed by atoms with Crippen molar-refractivity contribution in [3.05, 3.63) is 46.8 Å². The van der Waals surface area contributed by atoms with Crippen LogP contribution in [-0.4, -0.2) is 12.6 Å². The summed E-state index contributed by atoms with van der Waals surface area (Å²) in [7, 11) is 0. The van der Waals surface area contributed by atoms with Gasteiger partial charge in [0, 0.05) is 23.5 Å². The third-order valence-electron chi connectivity index (χ3n) is 3.26. The smallest absolute Gasteiger partial charge is 0.128 e. The van der Waals surface area contributed by atoms with E-state index in [4.69, 9.17) is 11.6 Å². The van der Waals surface area contributed by atoms with Crippen LogP contribution in [-0.2, 0) is 0 Å². The first-order valence-electron chi connectivity index (χ1n) is 6.70. The van der Waals surface area contributed by atoms with Gasteiger partial charge in [-0.25, -0.2) is 4.39 Å². The third kappa shape index (κ3) is 4.63. The van der Waals surface area contributed by atoms with Gasteiger partial charge in [-0.1, -0.05) is 57.5 Å². The second-order valence-electron chi connectivity index (χ2n) is 5.51. The van der Waals surface area contributed by atoms with Gasteiger partial charge >= 0.3 is 0 Å². The molecule has 0 aromatic heterocycles. The molecule has 0 fully saturated rings. The summed E-state index contributed by atoms with van der Waals surface area (Å²) in [5, 5.41) is 3.78. The predicted molar refractivity (Wildman–Crippen MR) is 81.3 cm³/mol. The Morgan fingerprint density at radius 2 is 1.95 bits per heavy atom. The molecule has 19 heavy (non-hydrogen) atoms. The molecule has 106 valence electrons. The summed E-state index contributed by atoms with van der Waals surface area (Å²) in [6, 6.07) is 5.22. The lowest BCUT2D eigenvalue weighted by atomic mass is 9.85. The van der Waals surface area contributed by atoms with Gasteiger partial charge in [0.25, 0.3) is 0 Å². The molecule has 1 aromatic rings. The predicted octanol–water partition coefficient (Wildman–Crippen LogP) is 4.77. The van der Waals surface area contributed by atoms with Crippen LogP contribution in [0.4, 0.5) is 4.39 Å². The fourth-order valence-electron chi connectivity index (χ4n) is 1.98. The number of rotatable bonds is 6. The summed E-state index contributed by atoms with van der Waals surface area (Å²) >= 11 is 5.81. The van der Waals surface area contributed by atoms with Crippen molar-refractivity contribution >= 4 is 11.6 Å².